The molecule has 0 aliphatic heterocycles. The smallest absolute Gasteiger partial charge is 0.387 e. The average Bonchev–Trinajstić information content (AvgIpc) is 2.13. The van der Waals surface area contributed by atoms with Crippen molar-refractivity contribution < 1.29 is 13.5 Å². The molecule has 0 saturated carbocycles. The summed E-state index contributed by atoms with van der Waals surface area (Å²) in [7, 11) is 0. The predicted octanol–water partition coefficient (Wildman–Crippen LogP) is 4.38. The van der Waals surface area contributed by atoms with Crippen LogP contribution in [-0.4, -0.2) is 6.61 Å². The third-order valence-electron chi connectivity index (χ3n) is 1.72. The molecule has 14 heavy (non-hydrogen) atoms. The molecule has 0 aliphatic carbocycles. The van der Waals surface area contributed by atoms with Gasteiger partial charge in [0, 0.05) is 4.47 Å². The highest BCUT2D eigenvalue weighted by molar-refractivity contribution is 9.13. The Morgan fingerprint density at radius 1 is 1.36 bits per heavy atom. The number of hydrogen-bond acceptors (Lipinski definition) is 1. The minimum atomic E-state index is -2.80. The molecule has 1 aromatic carbocycles. The van der Waals surface area contributed by atoms with Crippen molar-refractivity contribution in [1.29, 1.82) is 0 Å². The molecule has 1 aromatic rings. The summed E-state index contributed by atoms with van der Waals surface area (Å²) in [4.78, 5) is 0. The van der Waals surface area contributed by atoms with Crippen molar-refractivity contribution in [2.45, 2.75) is 20.0 Å². The highest BCUT2D eigenvalue weighted by Crippen LogP contribution is 2.36. The fourth-order valence-electron chi connectivity index (χ4n) is 1.07. The first-order valence-electron chi connectivity index (χ1n) is 3.98. The Morgan fingerprint density at radius 3 is 2.50 bits per heavy atom. The van der Waals surface area contributed by atoms with E-state index in [1.54, 1.807) is 12.1 Å². The Kier molecular flexibility index (Phi) is 4.31. The van der Waals surface area contributed by atoms with E-state index in [0.717, 1.165) is 5.56 Å². The molecule has 0 radical (unpaired) electrons. The summed E-state index contributed by atoms with van der Waals surface area (Å²) in [5.74, 6) is 0.205. The van der Waals surface area contributed by atoms with Crippen LogP contribution in [-0.2, 0) is 6.42 Å². The summed E-state index contributed by atoms with van der Waals surface area (Å²) in [6.07, 6.45) is 0.647. The minimum Gasteiger partial charge on any atom is -0.433 e. The predicted molar refractivity (Wildman–Crippen MR) is 57.9 cm³/mol. The van der Waals surface area contributed by atoms with Crippen LogP contribution >= 0.6 is 31.9 Å². The molecule has 0 aliphatic rings. The van der Waals surface area contributed by atoms with Crippen molar-refractivity contribution in [3.05, 3.63) is 26.6 Å². The molecular weight excluding hydrogens is 322 g/mol. The Balaban J connectivity index is 3.14. The van der Waals surface area contributed by atoms with E-state index in [2.05, 4.69) is 36.6 Å². The van der Waals surface area contributed by atoms with E-state index >= 15 is 0 Å². The summed E-state index contributed by atoms with van der Waals surface area (Å²) in [5.41, 5.74) is 0.750. The Morgan fingerprint density at radius 2 is 2.00 bits per heavy atom. The maximum absolute atomic E-state index is 12.1. The van der Waals surface area contributed by atoms with Crippen molar-refractivity contribution >= 4 is 31.9 Å². The second-order valence-corrected chi connectivity index (χ2v) is 4.23. The van der Waals surface area contributed by atoms with Crippen LogP contribution in [0.2, 0.25) is 0 Å². The van der Waals surface area contributed by atoms with Crippen LogP contribution in [0.4, 0.5) is 8.78 Å². The van der Waals surface area contributed by atoms with Crippen LogP contribution in [0.25, 0.3) is 0 Å². The zero-order chi connectivity index (χ0) is 10.7. The lowest BCUT2D eigenvalue weighted by molar-refractivity contribution is -0.0509. The van der Waals surface area contributed by atoms with E-state index < -0.39 is 6.61 Å². The first kappa shape index (κ1) is 11.9. The molecule has 0 spiro atoms. The molecule has 78 valence electrons. The van der Waals surface area contributed by atoms with E-state index in [-0.39, 0.29) is 5.75 Å². The summed E-state index contributed by atoms with van der Waals surface area (Å²) in [6, 6.07) is 3.55. The molecule has 0 saturated heterocycles. The SMILES string of the molecule is CCc1ccc(Br)c(Br)c1OC(F)F. The number of hydrogen-bond donors (Lipinski definition) is 0. The van der Waals surface area contributed by atoms with Gasteiger partial charge in [-0.25, -0.2) is 0 Å². The summed E-state index contributed by atoms with van der Waals surface area (Å²) < 4.78 is 29.8. The van der Waals surface area contributed by atoms with Crippen LogP contribution < -0.4 is 4.74 Å². The second-order valence-electron chi connectivity index (χ2n) is 2.58. The Hall–Kier alpha value is -0.160. The molecule has 1 rings (SSSR count). The maximum atomic E-state index is 12.1. The van der Waals surface area contributed by atoms with Crippen molar-refractivity contribution in [3.8, 4) is 5.75 Å². The molecule has 0 amide bonds. The van der Waals surface area contributed by atoms with Crippen molar-refractivity contribution in [2.24, 2.45) is 0 Å². The molecule has 0 atom stereocenters. The monoisotopic (exact) mass is 328 g/mol. The lowest BCUT2D eigenvalue weighted by atomic mass is 10.1. The van der Waals surface area contributed by atoms with E-state index in [1.807, 2.05) is 6.92 Å². The highest BCUT2D eigenvalue weighted by Gasteiger charge is 2.14. The van der Waals surface area contributed by atoms with E-state index in [0.29, 0.717) is 15.4 Å². The van der Waals surface area contributed by atoms with Gasteiger partial charge in [-0.2, -0.15) is 8.78 Å². The van der Waals surface area contributed by atoms with Gasteiger partial charge in [0.05, 0.1) is 4.47 Å². The van der Waals surface area contributed by atoms with Crippen LogP contribution in [0.15, 0.2) is 21.1 Å². The minimum absolute atomic E-state index is 0.205. The van der Waals surface area contributed by atoms with E-state index in [4.69, 9.17) is 0 Å². The lowest BCUT2D eigenvalue weighted by Crippen LogP contribution is -2.05. The zero-order valence-electron chi connectivity index (χ0n) is 7.36. The summed E-state index contributed by atoms with van der Waals surface area (Å²) in [6.45, 7) is -0.917. The topological polar surface area (TPSA) is 9.23 Å². The first-order chi connectivity index (χ1) is 6.56. The molecule has 0 aromatic heterocycles. The van der Waals surface area contributed by atoms with Crippen LogP contribution in [0.3, 0.4) is 0 Å². The molecule has 0 bridgehead atoms. The molecular formula is C9H8Br2F2O. The van der Waals surface area contributed by atoms with Gasteiger partial charge in [-0.1, -0.05) is 13.0 Å². The third-order valence-corrected chi connectivity index (χ3v) is 3.70. The van der Waals surface area contributed by atoms with Gasteiger partial charge in [0.1, 0.15) is 5.75 Å². The van der Waals surface area contributed by atoms with Gasteiger partial charge in [0.2, 0.25) is 0 Å². The molecule has 0 unspecified atom stereocenters. The average molecular weight is 330 g/mol. The number of halogens is 4. The van der Waals surface area contributed by atoms with E-state index in [1.165, 1.54) is 0 Å². The standard InChI is InChI=1S/C9H8Br2F2O/c1-2-5-3-4-6(10)7(11)8(5)14-9(12)13/h3-4,9H,2H2,1H3. The van der Waals surface area contributed by atoms with Crippen molar-refractivity contribution in [2.75, 3.05) is 0 Å². The third kappa shape index (κ3) is 2.67. The van der Waals surface area contributed by atoms with Gasteiger partial charge in [0.25, 0.3) is 0 Å². The van der Waals surface area contributed by atoms with Gasteiger partial charge in [-0.05, 0) is 49.9 Å². The molecule has 0 heterocycles. The fourth-order valence-corrected chi connectivity index (χ4v) is 1.86. The van der Waals surface area contributed by atoms with Gasteiger partial charge < -0.3 is 4.74 Å². The van der Waals surface area contributed by atoms with Crippen LogP contribution in [0, 0.1) is 0 Å². The Labute approximate surface area is 97.7 Å². The maximum Gasteiger partial charge on any atom is 0.387 e. The van der Waals surface area contributed by atoms with Crippen molar-refractivity contribution in [3.63, 3.8) is 0 Å². The largest absolute Gasteiger partial charge is 0.433 e. The molecule has 1 nitrogen and oxygen atoms in total. The number of ether oxygens (including phenoxy) is 1. The number of benzene rings is 1. The van der Waals surface area contributed by atoms with Gasteiger partial charge in [0.15, 0.2) is 0 Å². The number of alkyl halides is 2. The molecule has 0 fully saturated rings. The van der Waals surface area contributed by atoms with Crippen LogP contribution in [0.1, 0.15) is 12.5 Å². The normalized spacial score (nSPS) is 10.7. The van der Waals surface area contributed by atoms with Gasteiger partial charge in [-0.3, -0.25) is 0 Å². The number of rotatable bonds is 3. The lowest BCUT2D eigenvalue weighted by Gasteiger charge is -2.12. The molecule has 5 heteroatoms. The van der Waals surface area contributed by atoms with Gasteiger partial charge in [-0.15, -0.1) is 0 Å². The zero-order valence-corrected chi connectivity index (χ0v) is 10.5. The second kappa shape index (κ2) is 5.07. The summed E-state index contributed by atoms with van der Waals surface area (Å²) >= 11 is 6.42. The van der Waals surface area contributed by atoms with Gasteiger partial charge >= 0.3 is 6.61 Å². The molecule has 0 N–H and O–H groups in total. The number of aryl methyl sites for hydroxylation is 1. The summed E-state index contributed by atoms with van der Waals surface area (Å²) in [5, 5.41) is 0. The quantitative estimate of drug-likeness (QED) is 0.799. The van der Waals surface area contributed by atoms with Crippen molar-refractivity contribution in [1.82, 2.24) is 0 Å². The van der Waals surface area contributed by atoms with E-state index in [9.17, 15) is 8.78 Å². The fraction of sp³-hybridized carbons (Fsp3) is 0.333. The van der Waals surface area contributed by atoms with Crippen LogP contribution in [0.5, 0.6) is 5.75 Å². The highest BCUT2D eigenvalue weighted by atomic mass is 79.9. The Bertz CT molecular complexity index is 329. The first-order valence-corrected chi connectivity index (χ1v) is 5.56.